The Labute approximate surface area is 186 Å². The van der Waals surface area contributed by atoms with Crippen molar-refractivity contribution in [2.24, 2.45) is 4.99 Å². The van der Waals surface area contributed by atoms with Gasteiger partial charge in [0.1, 0.15) is 0 Å². The number of sulfonamides is 1. The van der Waals surface area contributed by atoms with E-state index < -0.39 is 10.0 Å². The van der Waals surface area contributed by atoms with Crippen LogP contribution in [0.5, 0.6) is 0 Å². The quantitative estimate of drug-likeness (QED) is 0.164. The third-order valence-corrected chi connectivity index (χ3v) is 5.37. The molecule has 0 bridgehead atoms. The van der Waals surface area contributed by atoms with Gasteiger partial charge in [0.25, 0.3) is 0 Å². The minimum absolute atomic E-state index is 0. The zero-order valence-corrected chi connectivity index (χ0v) is 20.3. The molecule has 0 saturated carbocycles. The van der Waals surface area contributed by atoms with Crippen molar-refractivity contribution in [2.45, 2.75) is 24.8 Å². The highest BCUT2D eigenvalue weighted by molar-refractivity contribution is 14.0. The molecule has 0 aliphatic carbocycles. The number of benzene rings is 1. The van der Waals surface area contributed by atoms with Gasteiger partial charge < -0.3 is 20.3 Å². The van der Waals surface area contributed by atoms with Gasteiger partial charge in [-0.1, -0.05) is 12.1 Å². The van der Waals surface area contributed by atoms with Crippen molar-refractivity contribution in [3.8, 4) is 0 Å². The van der Waals surface area contributed by atoms with E-state index >= 15 is 0 Å². The number of methoxy groups -OCH3 is 1. The monoisotopic (exact) mass is 527 g/mol. The van der Waals surface area contributed by atoms with E-state index in [1.807, 2.05) is 6.92 Å². The smallest absolute Gasteiger partial charge is 0.240 e. The Bertz CT molecular complexity index is 668. The van der Waals surface area contributed by atoms with Crippen molar-refractivity contribution < 1.29 is 13.2 Å². The molecule has 10 heteroatoms. The second kappa shape index (κ2) is 15.0. The maximum Gasteiger partial charge on any atom is 0.240 e. The highest BCUT2D eigenvalue weighted by atomic mass is 127. The average molecular weight is 527 g/mol. The molecule has 0 saturated heterocycles. The van der Waals surface area contributed by atoms with E-state index in [2.05, 4.69) is 32.3 Å². The zero-order chi connectivity index (χ0) is 20.1. The Kier molecular flexibility index (Phi) is 14.5. The lowest BCUT2D eigenvalue weighted by Gasteiger charge is -2.18. The molecule has 0 heterocycles. The standard InChI is InChI=1S/C18H33N5O3S.HI/c1-5-20-18(21-11-13-23(3)12-6-14-26-4)22-15-16-7-9-17(10-8-16)27(24,25)19-2;/h7-10,19H,5-6,11-15H2,1-4H3,(H2,20,21,22);1H. The van der Waals surface area contributed by atoms with Crippen LogP contribution in [0.1, 0.15) is 18.9 Å². The van der Waals surface area contributed by atoms with Gasteiger partial charge in [-0.3, -0.25) is 0 Å². The summed E-state index contributed by atoms with van der Waals surface area (Å²) < 4.78 is 30.9. The highest BCUT2D eigenvalue weighted by Gasteiger charge is 2.10. The van der Waals surface area contributed by atoms with Crippen LogP contribution in [-0.2, 0) is 21.3 Å². The van der Waals surface area contributed by atoms with Crippen molar-refractivity contribution in [1.82, 2.24) is 20.3 Å². The summed E-state index contributed by atoms with van der Waals surface area (Å²) in [5, 5.41) is 6.54. The molecule has 3 N–H and O–H groups in total. The largest absolute Gasteiger partial charge is 0.385 e. The van der Waals surface area contributed by atoms with Gasteiger partial charge in [0.05, 0.1) is 11.4 Å². The first-order valence-electron chi connectivity index (χ1n) is 9.15. The molecule has 0 aliphatic rings. The lowest BCUT2D eigenvalue weighted by Crippen LogP contribution is -2.41. The summed E-state index contributed by atoms with van der Waals surface area (Å²) in [6.45, 7) is 6.72. The van der Waals surface area contributed by atoms with Crippen LogP contribution in [0.25, 0.3) is 0 Å². The number of guanidine groups is 1. The lowest BCUT2D eigenvalue weighted by atomic mass is 10.2. The fourth-order valence-corrected chi connectivity index (χ4v) is 3.09. The summed E-state index contributed by atoms with van der Waals surface area (Å²) in [5.41, 5.74) is 0.943. The number of ether oxygens (including phenoxy) is 1. The third-order valence-electron chi connectivity index (χ3n) is 3.94. The van der Waals surface area contributed by atoms with Gasteiger partial charge in [-0.25, -0.2) is 18.1 Å². The molecule has 8 nitrogen and oxygen atoms in total. The highest BCUT2D eigenvalue weighted by Crippen LogP contribution is 2.10. The summed E-state index contributed by atoms with van der Waals surface area (Å²) in [6, 6.07) is 6.74. The Balaban J connectivity index is 0.00000729. The van der Waals surface area contributed by atoms with Crippen LogP contribution in [0, 0.1) is 0 Å². The van der Waals surface area contributed by atoms with Gasteiger partial charge in [-0.2, -0.15) is 0 Å². The zero-order valence-electron chi connectivity index (χ0n) is 17.2. The minimum atomic E-state index is -3.41. The van der Waals surface area contributed by atoms with Crippen LogP contribution in [0.4, 0.5) is 0 Å². The number of aliphatic imine (C=N–C) groups is 1. The molecule has 0 aromatic heterocycles. The molecular weight excluding hydrogens is 493 g/mol. The molecule has 0 aliphatic heterocycles. The second-order valence-electron chi connectivity index (χ2n) is 6.12. The van der Waals surface area contributed by atoms with Gasteiger partial charge in [-0.15, -0.1) is 24.0 Å². The average Bonchev–Trinajstić information content (AvgIpc) is 2.66. The molecule has 28 heavy (non-hydrogen) atoms. The fourth-order valence-electron chi connectivity index (χ4n) is 2.36. The van der Waals surface area contributed by atoms with E-state index in [1.165, 1.54) is 7.05 Å². The second-order valence-corrected chi connectivity index (χ2v) is 8.01. The van der Waals surface area contributed by atoms with E-state index in [4.69, 9.17) is 4.74 Å². The fraction of sp³-hybridized carbons (Fsp3) is 0.611. The SMILES string of the molecule is CCNC(=NCc1ccc(S(=O)(=O)NC)cc1)NCCN(C)CCCOC.I. The Morgan fingerprint density at radius 3 is 2.43 bits per heavy atom. The molecule has 0 fully saturated rings. The molecule has 162 valence electrons. The number of hydrogen-bond donors (Lipinski definition) is 3. The predicted octanol–water partition coefficient (Wildman–Crippen LogP) is 1.24. The first-order chi connectivity index (χ1) is 12.9. The number of likely N-dealkylation sites (N-methyl/N-ethyl adjacent to an activating group) is 1. The number of hydrogen-bond acceptors (Lipinski definition) is 5. The van der Waals surface area contributed by atoms with Gasteiger partial charge >= 0.3 is 0 Å². The first kappa shape index (κ1) is 27.0. The number of nitrogens with one attached hydrogen (secondary N) is 3. The Morgan fingerprint density at radius 1 is 1.18 bits per heavy atom. The summed E-state index contributed by atoms with van der Waals surface area (Å²) in [5.74, 6) is 0.745. The van der Waals surface area contributed by atoms with E-state index in [0.717, 1.165) is 50.7 Å². The van der Waals surface area contributed by atoms with Crippen molar-refractivity contribution in [1.29, 1.82) is 0 Å². The first-order valence-corrected chi connectivity index (χ1v) is 10.6. The summed E-state index contributed by atoms with van der Waals surface area (Å²) in [4.78, 5) is 7.05. The molecule has 0 amide bonds. The Hall–Kier alpha value is -0.950. The van der Waals surface area contributed by atoms with E-state index in [1.54, 1.807) is 31.4 Å². The number of rotatable bonds is 12. The molecule has 0 radical (unpaired) electrons. The van der Waals surface area contributed by atoms with Crippen LogP contribution in [0.2, 0.25) is 0 Å². The number of nitrogens with zero attached hydrogens (tertiary/aromatic N) is 2. The van der Waals surface area contributed by atoms with Gasteiger partial charge in [-0.05, 0) is 45.1 Å². The van der Waals surface area contributed by atoms with E-state index in [0.29, 0.717) is 6.54 Å². The molecule has 0 spiro atoms. The summed E-state index contributed by atoms with van der Waals surface area (Å²) in [6.07, 6.45) is 1.01. The van der Waals surface area contributed by atoms with Crippen molar-refractivity contribution in [3.05, 3.63) is 29.8 Å². The van der Waals surface area contributed by atoms with Crippen LogP contribution in [-0.4, -0.2) is 73.3 Å². The molecule has 1 aromatic rings. The van der Waals surface area contributed by atoms with Gasteiger partial charge in [0.2, 0.25) is 10.0 Å². The maximum absolute atomic E-state index is 11.8. The van der Waals surface area contributed by atoms with Crippen LogP contribution >= 0.6 is 24.0 Å². The predicted molar refractivity (Wildman–Crippen MR) is 125 cm³/mol. The van der Waals surface area contributed by atoms with Gasteiger partial charge in [0.15, 0.2) is 5.96 Å². The van der Waals surface area contributed by atoms with Crippen LogP contribution in [0.15, 0.2) is 34.2 Å². The third kappa shape index (κ3) is 10.6. The molecule has 0 atom stereocenters. The molecule has 1 rings (SSSR count). The van der Waals surface area contributed by atoms with E-state index in [-0.39, 0.29) is 28.9 Å². The lowest BCUT2D eigenvalue weighted by molar-refractivity contribution is 0.180. The van der Waals surface area contributed by atoms with Crippen LogP contribution in [0.3, 0.4) is 0 Å². The van der Waals surface area contributed by atoms with Gasteiger partial charge in [0, 0.05) is 39.9 Å². The molecule has 1 aromatic carbocycles. The minimum Gasteiger partial charge on any atom is -0.385 e. The Morgan fingerprint density at radius 2 is 1.86 bits per heavy atom. The normalized spacial score (nSPS) is 12.0. The summed E-state index contributed by atoms with van der Waals surface area (Å²) in [7, 11) is 1.79. The maximum atomic E-state index is 11.8. The van der Waals surface area contributed by atoms with Crippen molar-refractivity contribution in [2.75, 3.05) is 54.0 Å². The van der Waals surface area contributed by atoms with E-state index in [9.17, 15) is 8.42 Å². The van der Waals surface area contributed by atoms with Crippen LogP contribution < -0.4 is 15.4 Å². The molecule has 0 unspecified atom stereocenters. The van der Waals surface area contributed by atoms with Crippen molar-refractivity contribution >= 4 is 40.0 Å². The number of halogens is 1. The summed E-state index contributed by atoms with van der Waals surface area (Å²) >= 11 is 0. The molecular formula is C18H34IN5O3S. The topological polar surface area (TPSA) is 95.1 Å². The van der Waals surface area contributed by atoms with Crippen molar-refractivity contribution in [3.63, 3.8) is 0 Å².